The quantitative estimate of drug-likeness (QED) is 0.831. The summed E-state index contributed by atoms with van der Waals surface area (Å²) in [5.41, 5.74) is 1.37. The van der Waals surface area contributed by atoms with E-state index in [0.29, 0.717) is 5.69 Å². The summed E-state index contributed by atoms with van der Waals surface area (Å²) < 4.78 is 27.1. The van der Waals surface area contributed by atoms with Gasteiger partial charge in [0.25, 0.3) is 10.0 Å². The van der Waals surface area contributed by atoms with Crippen LogP contribution in [0.3, 0.4) is 0 Å². The van der Waals surface area contributed by atoms with E-state index in [1.54, 1.807) is 30.3 Å². The average molecular weight is 323 g/mol. The molecule has 0 aliphatic carbocycles. The molecule has 0 amide bonds. The van der Waals surface area contributed by atoms with Crippen LogP contribution in [0.1, 0.15) is 18.9 Å². The highest BCUT2D eigenvalue weighted by Gasteiger charge is 2.18. The molecule has 0 saturated heterocycles. The third-order valence-electron chi connectivity index (χ3n) is 3.01. The first-order valence-corrected chi connectivity index (χ1v) is 8.68. The van der Waals surface area contributed by atoms with Crippen LogP contribution in [0.4, 0.5) is 5.69 Å². The number of anilines is 1. The first-order chi connectivity index (χ1) is 9.92. The predicted molar refractivity (Wildman–Crippen MR) is 88.7 cm³/mol. The molecule has 0 fully saturated rings. The van der Waals surface area contributed by atoms with Crippen molar-refractivity contribution in [2.75, 3.05) is 4.72 Å². The molecule has 1 unspecified atom stereocenters. The van der Waals surface area contributed by atoms with Crippen LogP contribution in [0.15, 0.2) is 47.4 Å². The van der Waals surface area contributed by atoms with Gasteiger partial charge in [0, 0.05) is 5.69 Å². The van der Waals surface area contributed by atoms with Gasteiger partial charge >= 0.3 is 0 Å². The second kappa shape index (κ2) is 6.46. The lowest BCUT2D eigenvalue weighted by atomic mass is 10.1. The van der Waals surface area contributed by atoms with Gasteiger partial charge < -0.3 is 5.11 Å². The number of aromatic hydroxyl groups is 1. The van der Waals surface area contributed by atoms with Gasteiger partial charge in [0.1, 0.15) is 10.6 Å². The second-order valence-electron chi connectivity index (χ2n) is 4.78. The minimum absolute atomic E-state index is 0.114. The first-order valence-electron chi connectivity index (χ1n) is 6.62. The summed E-state index contributed by atoms with van der Waals surface area (Å²) >= 11 is 0. The Morgan fingerprint density at radius 1 is 1.14 bits per heavy atom. The fraction of sp³-hybridized carbons (Fsp3) is 0.200. The zero-order valence-corrected chi connectivity index (χ0v) is 13.7. The number of benzene rings is 2. The minimum atomic E-state index is -3.80. The van der Waals surface area contributed by atoms with Crippen molar-refractivity contribution in [3.63, 3.8) is 0 Å². The molecule has 0 aliphatic rings. The Kier molecular flexibility index (Phi) is 4.86. The Hall–Kier alpha value is -1.58. The molecule has 0 heterocycles. The van der Waals surface area contributed by atoms with E-state index in [-0.39, 0.29) is 10.6 Å². The number of aryl methyl sites for hydroxylation is 1. The molecule has 2 N–H and O–H groups in total. The van der Waals surface area contributed by atoms with Crippen LogP contribution in [0.2, 0.25) is 0 Å². The maximum absolute atomic E-state index is 12.3. The van der Waals surface area contributed by atoms with Crippen molar-refractivity contribution in [2.45, 2.75) is 24.7 Å². The van der Waals surface area contributed by atoms with Gasteiger partial charge in [-0.15, -0.1) is 9.24 Å². The lowest BCUT2D eigenvalue weighted by Crippen LogP contribution is -2.13. The summed E-state index contributed by atoms with van der Waals surface area (Å²) in [5, 5.41) is 10.9. The number of rotatable bonds is 5. The highest BCUT2D eigenvalue weighted by atomic mass is 32.2. The van der Waals surface area contributed by atoms with Crippen molar-refractivity contribution in [1.29, 1.82) is 0 Å². The summed E-state index contributed by atoms with van der Waals surface area (Å²) in [7, 11) is -1.26. The molecule has 1 atom stereocenters. The van der Waals surface area contributed by atoms with Crippen LogP contribution in [-0.4, -0.2) is 13.5 Å². The lowest BCUT2D eigenvalue weighted by Gasteiger charge is -2.10. The van der Waals surface area contributed by atoms with Crippen LogP contribution >= 0.6 is 9.24 Å². The molecule has 0 aromatic heterocycles. The van der Waals surface area contributed by atoms with E-state index in [0.717, 1.165) is 23.7 Å². The third kappa shape index (κ3) is 3.96. The molecule has 0 aliphatic heterocycles. The van der Waals surface area contributed by atoms with E-state index in [1.807, 2.05) is 6.92 Å². The summed E-state index contributed by atoms with van der Waals surface area (Å²) in [4.78, 5) is -0.114. The molecule has 6 heteroatoms. The zero-order valence-electron chi connectivity index (χ0n) is 11.7. The molecule has 112 valence electrons. The number of hydrogen-bond donors (Lipinski definition) is 2. The van der Waals surface area contributed by atoms with Gasteiger partial charge in [-0.05, 0) is 41.6 Å². The Bertz CT molecular complexity index is 727. The molecule has 2 aromatic carbocycles. The van der Waals surface area contributed by atoms with Gasteiger partial charge in [0.2, 0.25) is 0 Å². The van der Waals surface area contributed by atoms with Crippen molar-refractivity contribution < 1.29 is 13.5 Å². The number of phenolic OH excluding ortho intramolecular Hbond substituents is 1. The van der Waals surface area contributed by atoms with Gasteiger partial charge in [0.05, 0.1) is 0 Å². The Labute approximate surface area is 127 Å². The molecule has 2 aromatic rings. The molecule has 4 nitrogen and oxygen atoms in total. The number of phenols is 1. The molecule has 0 radical (unpaired) electrons. The van der Waals surface area contributed by atoms with Gasteiger partial charge in [-0.3, -0.25) is 4.72 Å². The molecule has 21 heavy (non-hydrogen) atoms. The first kappa shape index (κ1) is 15.8. The molecular weight excluding hydrogens is 305 g/mol. The third-order valence-corrected chi connectivity index (χ3v) is 4.83. The van der Waals surface area contributed by atoms with E-state index in [1.165, 1.54) is 12.1 Å². The standard InChI is InChI=1S/C15H18NO3PS/c1-2-3-11-4-9-15(14(17)10-11)21(18,19)16-12-5-7-13(20)8-6-12/h4-10,16-17H,2-3,20H2,1H3. The summed E-state index contributed by atoms with van der Waals surface area (Å²) in [6.07, 6.45) is 1.74. The number of hydrogen-bond acceptors (Lipinski definition) is 3. The summed E-state index contributed by atoms with van der Waals surface area (Å²) in [5.74, 6) is -0.226. The molecular formula is C15H18NO3PS. The van der Waals surface area contributed by atoms with E-state index in [4.69, 9.17) is 0 Å². The van der Waals surface area contributed by atoms with Crippen LogP contribution in [0.5, 0.6) is 5.75 Å². The van der Waals surface area contributed by atoms with Crippen molar-refractivity contribution >= 4 is 30.3 Å². The monoisotopic (exact) mass is 323 g/mol. The molecule has 0 spiro atoms. The van der Waals surface area contributed by atoms with Crippen LogP contribution in [-0.2, 0) is 16.4 Å². The number of sulfonamides is 1. The zero-order chi connectivity index (χ0) is 15.5. The highest BCUT2D eigenvalue weighted by molar-refractivity contribution is 7.92. The molecule has 0 saturated carbocycles. The van der Waals surface area contributed by atoms with Gasteiger partial charge in [-0.25, -0.2) is 8.42 Å². The van der Waals surface area contributed by atoms with Crippen LogP contribution in [0, 0.1) is 0 Å². The van der Waals surface area contributed by atoms with Crippen LogP contribution < -0.4 is 10.0 Å². The van der Waals surface area contributed by atoms with Crippen LogP contribution in [0.25, 0.3) is 0 Å². The van der Waals surface area contributed by atoms with Crippen molar-refractivity contribution in [3.8, 4) is 5.75 Å². The molecule has 0 bridgehead atoms. The fourth-order valence-electron chi connectivity index (χ4n) is 2.00. The Morgan fingerprint density at radius 3 is 2.38 bits per heavy atom. The van der Waals surface area contributed by atoms with Crippen molar-refractivity contribution in [1.82, 2.24) is 0 Å². The largest absolute Gasteiger partial charge is 0.507 e. The number of nitrogens with one attached hydrogen (secondary N) is 1. The maximum Gasteiger partial charge on any atom is 0.265 e. The second-order valence-corrected chi connectivity index (χ2v) is 7.10. The topological polar surface area (TPSA) is 66.4 Å². The minimum Gasteiger partial charge on any atom is -0.507 e. The summed E-state index contributed by atoms with van der Waals surface area (Å²) in [6.45, 7) is 2.03. The Balaban J connectivity index is 2.29. The van der Waals surface area contributed by atoms with Crippen molar-refractivity contribution in [2.24, 2.45) is 0 Å². The average Bonchev–Trinajstić information content (AvgIpc) is 2.41. The smallest absolute Gasteiger partial charge is 0.265 e. The van der Waals surface area contributed by atoms with E-state index in [2.05, 4.69) is 14.0 Å². The predicted octanol–water partition coefficient (Wildman–Crippen LogP) is 2.65. The van der Waals surface area contributed by atoms with Gasteiger partial charge in [0.15, 0.2) is 0 Å². The van der Waals surface area contributed by atoms with E-state index in [9.17, 15) is 13.5 Å². The van der Waals surface area contributed by atoms with Gasteiger partial charge in [-0.2, -0.15) is 0 Å². The highest BCUT2D eigenvalue weighted by Crippen LogP contribution is 2.26. The van der Waals surface area contributed by atoms with E-state index < -0.39 is 10.0 Å². The Morgan fingerprint density at radius 2 is 1.81 bits per heavy atom. The normalized spacial score (nSPS) is 11.3. The lowest BCUT2D eigenvalue weighted by molar-refractivity contribution is 0.458. The van der Waals surface area contributed by atoms with Crippen molar-refractivity contribution in [3.05, 3.63) is 48.0 Å². The van der Waals surface area contributed by atoms with Gasteiger partial charge in [-0.1, -0.05) is 31.5 Å². The SMILES string of the molecule is CCCc1ccc(S(=O)(=O)Nc2ccc(P)cc2)c(O)c1. The summed E-state index contributed by atoms with van der Waals surface area (Å²) in [6, 6.07) is 11.6. The maximum atomic E-state index is 12.3. The molecule has 2 rings (SSSR count). The fourth-order valence-corrected chi connectivity index (χ4v) is 3.33. The van der Waals surface area contributed by atoms with E-state index >= 15 is 0 Å².